The van der Waals surface area contributed by atoms with Crippen molar-refractivity contribution < 1.29 is 19.0 Å². The normalized spacial score (nSPS) is 11.4. The van der Waals surface area contributed by atoms with Crippen molar-refractivity contribution in [1.82, 2.24) is 5.32 Å². The van der Waals surface area contributed by atoms with Crippen molar-refractivity contribution in [3.05, 3.63) is 54.1 Å². The van der Waals surface area contributed by atoms with E-state index in [1.54, 1.807) is 24.3 Å². The number of rotatable bonds is 10. The van der Waals surface area contributed by atoms with E-state index < -0.39 is 0 Å². The minimum absolute atomic E-state index is 0.125. The molecule has 1 unspecified atom stereocenters. The molecule has 0 aromatic heterocycles. The second kappa shape index (κ2) is 12.0. The van der Waals surface area contributed by atoms with Gasteiger partial charge in [0.25, 0.3) is 5.91 Å². The molecule has 1 amide bonds. The highest BCUT2D eigenvalue weighted by atomic mass is 32.1. The SMILES string of the molecule is CCOCCOc1cccc(C(=O)NC(=S)Nc2cccc(OC(C)CC)c2)c1. The van der Waals surface area contributed by atoms with Crippen LogP contribution in [0.5, 0.6) is 11.5 Å². The third kappa shape index (κ3) is 8.09. The highest BCUT2D eigenvalue weighted by molar-refractivity contribution is 7.80. The maximum atomic E-state index is 12.5. The summed E-state index contributed by atoms with van der Waals surface area (Å²) >= 11 is 5.27. The van der Waals surface area contributed by atoms with Crippen molar-refractivity contribution in [1.29, 1.82) is 0 Å². The molecule has 0 aliphatic heterocycles. The van der Waals surface area contributed by atoms with Gasteiger partial charge in [0.1, 0.15) is 18.1 Å². The Bertz CT molecular complexity index is 813. The average molecular weight is 417 g/mol. The van der Waals surface area contributed by atoms with Crippen LogP contribution in [-0.4, -0.2) is 36.9 Å². The molecule has 0 spiro atoms. The van der Waals surface area contributed by atoms with E-state index in [0.717, 1.165) is 17.9 Å². The van der Waals surface area contributed by atoms with Gasteiger partial charge in [-0.25, -0.2) is 0 Å². The predicted molar refractivity (Wildman–Crippen MR) is 119 cm³/mol. The first-order valence-corrected chi connectivity index (χ1v) is 10.1. The van der Waals surface area contributed by atoms with Crippen LogP contribution in [-0.2, 0) is 4.74 Å². The molecule has 0 aliphatic rings. The third-order valence-corrected chi connectivity index (χ3v) is 4.23. The Labute approximate surface area is 177 Å². The van der Waals surface area contributed by atoms with Gasteiger partial charge in [0.2, 0.25) is 0 Å². The van der Waals surface area contributed by atoms with Crippen LogP contribution < -0.4 is 20.1 Å². The van der Waals surface area contributed by atoms with Gasteiger partial charge in [0.15, 0.2) is 5.11 Å². The molecule has 0 heterocycles. The molecule has 2 aromatic rings. The fourth-order valence-electron chi connectivity index (χ4n) is 2.39. The Morgan fingerprint density at radius 2 is 1.83 bits per heavy atom. The molecule has 2 N–H and O–H groups in total. The summed E-state index contributed by atoms with van der Waals surface area (Å²) in [4.78, 5) is 12.5. The largest absolute Gasteiger partial charge is 0.491 e. The number of carbonyl (C=O) groups is 1. The van der Waals surface area contributed by atoms with E-state index in [0.29, 0.717) is 31.1 Å². The topological polar surface area (TPSA) is 68.8 Å². The van der Waals surface area contributed by atoms with Gasteiger partial charge in [0.05, 0.1) is 12.7 Å². The number of thiocarbonyl (C=S) groups is 1. The van der Waals surface area contributed by atoms with E-state index in [9.17, 15) is 4.79 Å². The molecule has 2 rings (SSSR count). The third-order valence-electron chi connectivity index (χ3n) is 4.03. The quantitative estimate of drug-likeness (QED) is 0.442. The Balaban J connectivity index is 1.90. The summed E-state index contributed by atoms with van der Waals surface area (Å²) in [5.74, 6) is 1.03. The molecule has 6 nitrogen and oxygen atoms in total. The van der Waals surface area contributed by atoms with E-state index in [4.69, 9.17) is 26.4 Å². The number of nitrogens with one attached hydrogen (secondary N) is 2. The summed E-state index contributed by atoms with van der Waals surface area (Å²) in [6.45, 7) is 7.57. The fraction of sp³-hybridized carbons (Fsp3) is 0.364. The van der Waals surface area contributed by atoms with E-state index in [-0.39, 0.29) is 17.1 Å². The lowest BCUT2D eigenvalue weighted by molar-refractivity contribution is 0.0976. The Kier molecular flexibility index (Phi) is 9.40. The number of hydrogen-bond donors (Lipinski definition) is 2. The summed E-state index contributed by atoms with van der Waals surface area (Å²) in [6.07, 6.45) is 1.04. The highest BCUT2D eigenvalue weighted by Crippen LogP contribution is 2.19. The first-order chi connectivity index (χ1) is 14.0. The first-order valence-electron chi connectivity index (χ1n) is 9.71. The minimum atomic E-state index is -0.315. The van der Waals surface area contributed by atoms with Crippen molar-refractivity contribution >= 4 is 28.9 Å². The number of benzene rings is 2. The summed E-state index contributed by atoms with van der Waals surface area (Å²) in [5, 5.41) is 5.90. The van der Waals surface area contributed by atoms with Crippen LogP contribution in [0.1, 0.15) is 37.6 Å². The van der Waals surface area contributed by atoms with E-state index in [1.807, 2.05) is 38.1 Å². The second-order valence-electron chi connectivity index (χ2n) is 6.35. The van der Waals surface area contributed by atoms with Gasteiger partial charge >= 0.3 is 0 Å². The number of ether oxygens (including phenoxy) is 3. The van der Waals surface area contributed by atoms with Gasteiger partial charge in [-0.1, -0.05) is 19.1 Å². The lowest BCUT2D eigenvalue weighted by Crippen LogP contribution is -2.34. The smallest absolute Gasteiger partial charge is 0.257 e. The van der Waals surface area contributed by atoms with Gasteiger partial charge in [-0.3, -0.25) is 10.1 Å². The molecule has 7 heteroatoms. The average Bonchev–Trinajstić information content (AvgIpc) is 2.71. The zero-order valence-electron chi connectivity index (χ0n) is 17.1. The maximum Gasteiger partial charge on any atom is 0.257 e. The van der Waals surface area contributed by atoms with Crippen LogP contribution in [0.3, 0.4) is 0 Å². The Morgan fingerprint density at radius 1 is 1.07 bits per heavy atom. The molecule has 1 atom stereocenters. The molecule has 0 saturated heterocycles. The number of hydrogen-bond acceptors (Lipinski definition) is 5. The first kappa shape index (κ1) is 22.6. The van der Waals surface area contributed by atoms with E-state index in [2.05, 4.69) is 17.6 Å². The van der Waals surface area contributed by atoms with E-state index >= 15 is 0 Å². The molecule has 0 fully saturated rings. The predicted octanol–water partition coefficient (Wildman–Crippen LogP) is 4.41. The highest BCUT2D eigenvalue weighted by Gasteiger charge is 2.10. The second-order valence-corrected chi connectivity index (χ2v) is 6.75. The van der Waals surface area contributed by atoms with Gasteiger partial charge in [-0.2, -0.15) is 0 Å². The van der Waals surface area contributed by atoms with Crippen LogP contribution in [0, 0.1) is 0 Å². The van der Waals surface area contributed by atoms with Gasteiger partial charge in [-0.05, 0) is 62.8 Å². The summed E-state index contributed by atoms with van der Waals surface area (Å²) in [5.41, 5.74) is 1.20. The molecule has 0 bridgehead atoms. The zero-order valence-corrected chi connectivity index (χ0v) is 17.9. The molecular formula is C22H28N2O4S. The van der Waals surface area contributed by atoms with Crippen molar-refractivity contribution in [2.45, 2.75) is 33.3 Å². The van der Waals surface area contributed by atoms with Crippen molar-refractivity contribution in [2.24, 2.45) is 0 Å². The lowest BCUT2D eigenvalue weighted by atomic mass is 10.2. The van der Waals surface area contributed by atoms with Crippen LogP contribution in [0.4, 0.5) is 5.69 Å². The van der Waals surface area contributed by atoms with Gasteiger partial charge in [0, 0.05) is 23.9 Å². The van der Waals surface area contributed by atoms with Crippen LogP contribution in [0.25, 0.3) is 0 Å². The summed E-state index contributed by atoms with van der Waals surface area (Å²) in [6, 6.07) is 14.4. The molecule has 0 aliphatic carbocycles. The minimum Gasteiger partial charge on any atom is -0.491 e. The molecule has 0 saturated carbocycles. The van der Waals surface area contributed by atoms with Gasteiger partial charge in [-0.15, -0.1) is 0 Å². The van der Waals surface area contributed by atoms with Crippen molar-refractivity contribution in [2.75, 3.05) is 25.1 Å². The Morgan fingerprint density at radius 3 is 2.59 bits per heavy atom. The molecule has 29 heavy (non-hydrogen) atoms. The van der Waals surface area contributed by atoms with Crippen LogP contribution in [0.2, 0.25) is 0 Å². The van der Waals surface area contributed by atoms with Crippen LogP contribution >= 0.6 is 12.2 Å². The standard InChI is InChI=1S/C22H28N2O4S/c1-4-16(3)28-20-11-7-9-18(15-20)23-22(29)24-21(25)17-8-6-10-19(14-17)27-13-12-26-5-2/h6-11,14-16H,4-5,12-13H2,1-3H3,(H2,23,24,25,29). The number of carbonyl (C=O) groups excluding carboxylic acids is 1. The maximum absolute atomic E-state index is 12.5. The summed E-state index contributed by atoms with van der Waals surface area (Å²) < 4.78 is 16.6. The van der Waals surface area contributed by atoms with Crippen molar-refractivity contribution in [3.63, 3.8) is 0 Å². The molecule has 0 radical (unpaired) electrons. The van der Waals surface area contributed by atoms with Crippen molar-refractivity contribution in [3.8, 4) is 11.5 Å². The summed E-state index contributed by atoms with van der Waals surface area (Å²) in [7, 11) is 0. The number of anilines is 1. The molecule has 2 aromatic carbocycles. The van der Waals surface area contributed by atoms with Gasteiger partial charge < -0.3 is 19.5 Å². The molecular weight excluding hydrogens is 388 g/mol. The monoisotopic (exact) mass is 416 g/mol. The van der Waals surface area contributed by atoms with E-state index in [1.165, 1.54) is 0 Å². The Hall–Kier alpha value is -2.64. The lowest BCUT2D eigenvalue weighted by Gasteiger charge is -2.14. The molecule has 156 valence electrons. The van der Waals surface area contributed by atoms with Crippen LogP contribution in [0.15, 0.2) is 48.5 Å². The number of amides is 1. The zero-order chi connectivity index (χ0) is 21.1. The fourth-order valence-corrected chi connectivity index (χ4v) is 2.60.